The molecule has 2 aromatic heterocycles. The largest absolute Gasteiger partial charge is 0.466 e. The van der Waals surface area contributed by atoms with Gasteiger partial charge in [-0.15, -0.1) is 5.10 Å². The molecule has 2 aromatic rings. The first kappa shape index (κ1) is 19.9. The van der Waals surface area contributed by atoms with Crippen LogP contribution in [0.2, 0.25) is 0 Å². The average molecular weight is 392 g/mol. The fourth-order valence-electron chi connectivity index (χ4n) is 3.09. The van der Waals surface area contributed by atoms with Crippen molar-refractivity contribution in [1.82, 2.24) is 24.8 Å². The Morgan fingerprint density at radius 3 is 2.81 bits per heavy atom. The lowest BCUT2D eigenvalue weighted by Gasteiger charge is -2.25. The summed E-state index contributed by atoms with van der Waals surface area (Å²) in [6.45, 7) is 8.33. The molecule has 1 aliphatic heterocycles. The van der Waals surface area contributed by atoms with E-state index >= 15 is 0 Å². The normalized spacial score (nSPS) is 16.1. The molecule has 1 unspecified atom stereocenters. The molecule has 0 aromatic carbocycles. The maximum absolute atomic E-state index is 12.4. The first-order valence-corrected chi connectivity index (χ1v) is 10.7. The van der Waals surface area contributed by atoms with E-state index in [2.05, 4.69) is 35.2 Å². The highest BCUT2D eigenvalue weighted by Gasteiger charge is 2.21. The van der Waals surface area contributed by atoms with E-state index in [1.54, 1.807) is 10.9 Å². The van der Waals surface area contributed by atoms with Crippen molar-refractivity contribution < 1.29 is 9.21 Å². The van der Waals surface area contributed by atoms with Gasteiger partial charge in [-0.05, 0) is 39.1 Å². The number of rotatable bonds is 8. The van der Waals surface area contributed by atoms with Crippen LogP contribution >= 0.6 is 11.8 Å². The Balaban J connectivity index is 1.41. The van der Waals surface area contributed by atoms with Crippen LogP contribution in [0.4, 0.5) is 0 Å². The molecule has 1 fully saturated rings. The maximum Gasteiger partial charge on any atom is 0.276 e. The van der Waals surface area contributed by atoms with Gasteiger partial charge in [0.05, 0.1) is 12.7 Å². The minimum absolute atomic E-state index is 0.00234. The van der Waals surface area contributed by atoms with Crippen LogP contribution in [0.15, 0.2) is 22.7 Å². The Labute approximate surface area is 165 Å². The number of carbonyl (C=O) groups is 1. The van der Waals surface area contributed by atoms with Crippen molar-refractivity contribution in [2.45, 2.75) is 32.7 Å². The summed E-state index contributed by atoms with van der Waals surface area (Å²) in [6, 6.07) is 4.08. The molecule has 1 saturated heterocycles. The summed E-state index contributed by atoms with van der Waals surface area (Å²) in [5.41, 5.74) is 0.450. The highest BCUT2D eigenvalue weighted by Crippen LogP contribution is 2.21. The fourth-order valence-corrected chi connectivity index (χ4v) is 4.00. The molecule has 1 aliphatic rings. The molecular formula is C19H29N5O2S. The van der Waals surface area contributed by atoms with E-state index in [1.165, 1.54) is 0 Å². The molecule has 148 valence electrons. The number of hydrogen-bond donors (Lipinski definition) is 0. The average Bonchev–Trinajstić information content (AvgIpc) is 3.33. The number of nitrogens with zero attached hydrogens (tertiary/aromatic N) is 5. The number of hydrogen-bond acceptors (Lipinski definition) is 6. The van der Waals surface area contributed by atoms with Crippen LogP contribution in [0, 0.1) is 6.92 Å². The van der Waals surface area contributed by atoms with Gasteiger partial charge in [-0.1, -0.05) is 12.1 Å². The van der Waals surface area contributed by atoms with E-state index in [0.29, 0.717) is 11.6 Å². The third-order valence-electron chi connectivity index (χ3n) is 4.96. The summed E-state index contributed by atoms with van der Waals surface area (Å²) in [6.07, 6.45) is 2.81. The number of thioether (sulfide) groups is 1. The van der Waals surface area contributed by atoms with Crippen LogP contribution < -0.4 is 0 Å². The van der Waals surface area contributed by atoms with Crippen molar-refractivity contribution in [3.05, 3.63) is 35.5 Å². The lowest BCUT2D eigenvalue weighted by atomic mass is 10.1. The SMILES string of the molecule is Cc1ccc(C(C)CCN(C)CCn2cc(C(=O)N3CCSCC3)nn2)o1. The summed E-state index contributed by atoms with van der Waals surface area (Å²) < 4.78 is 7.47. The summed E-state index contributed by atoms with van der Waals surface area (Å²) >= 11 is 1.89. The second-order valence-corrected chi connectivity index (χ2v) is 8.44. The third kappa shape index (κ3) is 5.59. The van der Waals surface area contributed by atoms with Gasteiger partial charge in [0.1, 0.15) is 11.5 Å². The van der Waals surface area contributed by atoms with Gasteiger partial charge >= 0.3 is 0 Å². The van der Waals surface area contributed by atoms with Crippen molar-refractivity contribution in [3.8, 4) is 0 Å². The van der Waals surface area contributed by atoms with E-state index in [4.69, 9.17) is 4.42 Å². The zero-order valence-electron chi connectivity index (χ0n) is 16.4. The van der Waals surface area contributed by atoms with Crippen molar-refractivity contribution in [2.75, 3.05) is 44.7 Å². The molecule has 0 aliphatic carbocycles. The molecule has 8 heteroatoms. The summed E-state index contributed by atoms with van der Waals surface area (Å²) in [5, 5.41) is 8.19. The minimum Gasteiger partial charge on any atom is -0.466 e. The molecule has 0 N–H and O–H groups in total. The topological polar surface area (TPSA) is 67.4 Å². The van der Waals surface area contributed by atoms with Gasteiger partial charge < -0.3 is 14.2 Å². The highest BCUT2D eigenvalue weighted by molar-refractivity contribution is 7.99. The smallest absolute Gasteiger partial charge is 0.276 e. The lowest BCUT2D eigenvalue weighted by Crippen LogP contribution is -2.38. The molecule has 0 bridgehead atoms. The van der Waals surface area contributed by atoms with Gasteiger partial charge in [0, 0.05) is 37.1 Å². The third-order valence-corrected chi connectivity index (χ3v) is 5.90. The van der Waals surface area contributed by atoms with Crippen molar-refractivity contribution in [3.63, 3.8) is 0 Å². The zero-order chi connectivity index (χ0) is 19.2. The van der Waals surface area contributed by atoms with Crippen LogP contribution in [0.5, 0.6) is 0 Å². The first-order valence-electron chi connectivity index (χ1n) is 9.55. The van der Waals surface area contributed by atoms with Gasteiger partial charge in [0.15, 0.2) is 5.69 Å². The predicted molar refractivity (Wildman–Crippen MR) is 107 cm³/mol. The maximum atomic E-state index is 12.4. The number of amides is 1. The Morgan fingerprint density at radius 1 is 1.33 bits per heavy atom. The monoisotopic (exact) mass is 391 g/mol. The number of furan rings is 1. The molecule has 27 heavy (non-hydrogen) atoms. The van der Waals surface area contributed by atoms with Gasteiger partial charge in [0.2, 0.25) is 0 Å². The highest BCUT2D eigenvalue weighted by atomic mass is 32.2. The van der Waals surface area contributed by atoms with E-state index in [0.717, 1.165) is 62.2 Å². The van der Waals surface area contributed by atoms with Gasteiger partial charge in [-0.25, -0.2) is 0 Å². The molecule has 3 rings (SSSR count). The lowest BCUT2D eigenvalue weighted by molar-refractivity contribution is 0.0766. The molecule has 0 spiro atoms. The predicted octanol–water partition coefficient (Wildman–Crippen LogP) is 2.49. The second-order valence-electron chi connectivity index (χ2n) is 7.21. The van der Waals surface area contributed by atoms with Crippen LogP contribution in [-0.4, -0.2) is 75.4 Å². The zero-order valence-corrected chi connectivity index (χ0v) is 17.2. The van der Waals surface area contributed by atoms with E-state index in [-0.39, 0.29) is 5.91 Å². The second kappa shape index (κ2) is 9.41. The van der Waals surface area contributed by atoms with Crippen molar-refractivity contribution >= 4 is 17.7 Å². The Hall–Kier alpha value is -1.80. The number of aromatic nitrogens is 3. The first-order chi connectivity index (χ1) is 13.0. The molecule has 1 amide bonds. The summed E-state index contributed by atoms with van der Waals surface area (Å²) in [5.74, 6) is 4.42. The standard InChI is InChI=1S/C19H29N5O2S/c1-15(18-5-4-16(2)26-18)6-7-22(3)8-9-24-14-17(20-21-24)19(25)23-10-12-27-13-11-23/h4-5,14-15H,6-13H2,1-3H3. The van der Waals surface area contributed by atoms with E-state index < -0.39 is 0 Å². The molecule has 1 atom stereocenters. The minimum atomic E-state index is -0.00234. The Kier molecular flexibility index (Phi) is 6.95. The van der Waals surface area contributed by atoms with Crippen molar-refractivity contribution in [1.29, 1.82) is 0 Å². The Bertz CT molecular complexity index is 738. The van der Waals surface area contributed by atoms with Crippen LogP contribution in [0.1, 0.15) is 41.3 Å². The molecule has 0 radical (unpaired) electrons. The fraction of sp³-hybridized carbons (Fsp3) is 0.632. The molecule has 3 heterocycles. The van der Waals surface area contributed by atoms with E-state index in [9.17, 15) is 4.79 Å². The quantitative estimate of drug-likeness (QED) is 0.689. The van der Waals surface area contributed by atoms with Crippen LogP contribution in [0.25, 0.3) is 0 Å². The Morgan fingerprint density at radius 2 is 2.11 bits per heavy atom. The summed E-state index contributed by atoms with van der Waals surface area (Å²) in [4.78, 5) is 16.6. The molecule has 0 saturated carbocycles. The summed E-state index contributed by atoms with van der Waals surface area (Å²) in [7, 11) is 2.11. The number of carbonyl (C=O) groups excluding carboxylic acids is 1. The van der Waals surface area contributed by atoms with Gasteiger partial charge in [-0.2, -0.15) is 11.8 Å². The molecular weight excluding hydrogens is 362 g/mol. The van der Waals surface area contributed by atoms with Gasteiger partial charge in [0.25, 0.3) is 5.91 Å². The van der Waals surface area contributed by atoms with Crippen LogP contribution in [-0.2, 0) is 6.54 Å². The van der Waals surface area contributed by atoms with E-state index in [1.807, 2.05) is 29.7 Å². The number of likely N-dealkylation sites (N-methyl/N-ethyl adjacent to an activating group) is 1. The number of aryl methyl sites for hydroxylation is 1. The van der Waals surface area contributed by atoms with Gasteiger partial charge in [-0.3, -0.25) is 9.48 Å². The van der Waals surface area contributed by atoms with Crippen LogP contribution in [0.3, 0.4) is 0 Å². The van der Waals surface area contributed by atoms with Crippen molar-refractivity contribution in [2.24, 2.45) is 0 Å². The molecule has 7 nitrogen and oxygen atoms in total.